The van der Waals surface area contributed by atoms with Gasteiger partial charge in [0.25, 0.3) is 0 Å². The maximum Gasteiger partial charge on any atom is 0.161 e. The lowest BCUT2D eigenvalue weighted by Crippen LogP contribution is -2.31. The molecule has 0 fully saturated rings. The van der Waals surface area contributed by atoms with Crippen molar-refractivity contribution in [3.8, 4) is 5.75 Å². The molecule has 4 rings (SSSR count). The van der Waals surface area contributed by atoms with Crippen molar-refractivity contribution in [2.45, 2.75) is 32.7 Å². The molecule has 122 valence electrons. The Hall–Kier alpha value is -2.48. The summed E-state index contributed by atoms with van der Waals surface area (Å²) in [5.41, 5.74) is 3.94. The first-order chi connectivity index (χ1) is 11.8. The molecule has 2 nitrogen and oxygen atoms in total. The second-order valence-electron chi connectivity index (χ2n) is 6.50. The van der Waals surface area contributed by atoms with Gasteiger partial charge in [-0.2, -0.15) is 0 Å². The highest BCUT2D eigenvalue weighted by Crippen LogP contribution is 2.34. The number of hydrogen-bond acceptors (Lipinski definition) is 2. The van der Waals surface area contributed by atoms with E-state index in [4.69, 9.17) is 4.74 Å². The fourth-order valence-electron chi connectivity index (χ4n) is 3.42. The lowest BCUT2D eigenvalue weighted by Gasteiger charge is -2.31. The minimum Gasteiger partial charge on any atom is -0.473 e. The van der Waals surface area contributed by atoms with Crippen LogP contribution in [-0.2, 0) is 13.0 Å². The highest BCUT2D eigenvalue weighted by atomic mass is 16.5. The van der Waals surface area contributed by atoms with Gasteiger partial charge >= 0.3 is 0 Å². The molecule has 0 spiro atoms. The zero-order chi connectivity index (χ0) is 16.4. The van der Waals surface area contributed by atoms with Crippen molar-refractivity contribution in [3.63, 3.8) is 0 Å². The molecule has 0 aromatic heterocycles. The molecule has 0 saturated heterocycles. The summed E-state index contributed by atoms with van der Waals surface area (Å²) in [6.07, 6.45) is 3.66. The lowest BCUT2D eigenvalue weighted by molar-refractivity contribution is 0.290. The number of unbranched alkanes of at least 4 members (excludes halogenated alkanes) is 1. The van der Waals surface area contributed by atoms with Crippen LogP contribution < -0.4 is 9.64 Å². The Morgan fingerprint density at radius 3 is 2.62 bits per heavy atom. The van der Waals surface area contributed by atoms with Gasteiger partial charge in [-0.15, -0.1) is 0 Å². The zero-order valence-corrected chi connectivity index (χ0v) is 14.2. The molecular weight excluding hydrogens is 294 g/mol. The predicted octanol–water partition coefficient (Wildman–Crippen LogP) is 5.54. The number of aryl methyl sites for hydroxylation is 1. The van der Waals surface area contributed by atoms with Crippen LogP contribution in [0.25, 0.3) is 10.8 Å². The van der Waals surface area contributed by atoms with Gasteiger partial charge in [0.1, 0.15) is 5.75 Å². The molecule has 1 aliphatic rings. The number of nitrogens with zero attached hydrogens (tertiary/aromatic N) is 1. The lowest BCUT2D eigenvalue weighted by atomic mass is 10.0. The van der Waals surface area contributed by atoms with Crippen LogP contribution in [0.1, 0.15) is 30.9 Å². The quantitative estimate of drug-likeness (QED) is 0.626. The summed E-state index contributed by atoms with van der Waals surface area (Å²) in [7, 11) is 0. The number of fused-ring (bicyclic) bond motifs is 3. The van der Waals surface area contributed by atoms with E-state index < -0.39 is 0 Å². The van der Waals surface area contributed by atoms with Crippen LogP contribution in [0.2, 0.25) is 0 Å². The van der Waals surface area contributed by atoms with Gasteiger partial charge in [-0.1, -0.05) is 55.8 Å². The molecule has 2 heteroatoms. The number of rotatable bonds is 4. The first-order valence-electron chi connectivity index (χ1n) is 8.82. The molecule has 1 aliphatic heterocycles. The van der Waals surface area contributed by atoms with Gasteiger partial charge in [0.05, 0.1) is 6.54 Å². The minimum absolute atomic E-state index is 0.611. The molecule has 0 atom stereocenters. The average molecular weight is 317 g/mol. The molecule has 0 radical (unpaired) electrons. The Labute approximate surface area is 143 Å². The van der Waals surface area contributed by atoms with Crippen LogP contribution in [0.15, 0.2) is 60.7 Å². The van der Waals surface area contributed by atoms with Crippen LogP contribution in [0.5, 0.6) is 5.75 Å². The summed E-state index contributed by atoms with van der Waals surface area (Å²) in [5, 5.41) is 2.57. The van der Waals surface area contributed by atoms with Gasteiger partial charge in [-0.3, -0.25) is 0 Å². The highest BCUT2D eigenvalue weighted by molar-refractivity contribution is 5.88. The monoisotopic (exact) mass is 317 g/mol. The van der Waals surface area contributed by atoms with Crippen LogP contribution in [0.3, 0.4) is 0 Å². The third kappa shape index (κ3) is 2.84. The molecule has 0 saturated carbocycles. The molecule has 24 heavy (non-hydrogen) atoms. The Morgan fingerprint density at radius 1 is 0.958 bits per heavy atom. The molecular formula is C22H23NO. The SMILES string of the molecule is CCCCc1ccc(N2COc3ccc4ccccc4c3C2)cc1. The number of anilines is 1. The van der Waals surface area contributed by atoms with E-state index >= 15 is 0 Å². The predicted molar refractivity (Wildman–Crippen MR) is 101 cm³/mol. The van der Waals surface area contributed by atoms with Crippen molar-refractivity contribution in [3.05, 3.63) is 71.8 Å². The Kier molecular flexibility index (Phi) is 4.12. The van der Waals surface area contributed by atoms with E-state index in [9.17, 15) is 0 Å². The third-order valence-electron chi connectivity index (χ3n) is 4.84. The van der Waals surface area contributed by atoms with Crippen molar-refractivity contribution >= 4 is 16.5 Å². The normalized spacial score (nSPS) is 13.6. The van der Waals surface area contributed by atoms with E-state index in [0.717, 1.165) is 12.3 Å². The summed E-state index contributed by atoms with van der Waals surface area (Å²) in [5.74, 6) is 1.02. The zero-order valence-electron chi connectivity index (χ0n) is 14.2. The van der Waals surface area contributed by atoms with Gasteiger partial charge in [-0.05, 0) is 47.4 Å². The molecule has 0 amide bonds. The first kappa shape index (κ1) is 15.1. The van der Waals surface area contributed by atoms with Gasteiger partial charge < -0.3 is 9.64 Å². The first-order valence-corrected chi connectivity index (χ1v) is 8.82. The minimum atomic E-state index is 0.611. The summed E-state index contributed by atoms with van der Waals surface area (Å²) < 4.78 is 6.02. The fourth-order valence-corrected chi connectivity index (χ4v) is 3.42. The Balaban J connectivity index is 1.60. The van der Waals surface area contributed by atoms with E-state index in [1.54, 1.807) is 0 Å². The molecule has 0 unspecified atom stereocenters. The maximum atomic E-state index is 6.02. The Bertz CT molecular complexity index is 838. The second-order valence-corrected chi connectivity index (χ2v) is 6.50. The van der Waals surface area contributed by atoms with Crippen molar-refractivity contribution in [2.75, 3.05) is 11.6 Å². The average Bonchev–Trinajstić information content (AvgIpc) is 2.66. The van der Waals surface area contributed by atoms with Crippen molar-refractivity contribution in [1.29, 1.82) is 0 Å². The summed E-state index contributed by atoms with van der Waals surface area (Å²) in [6, 6.07) is 21.7. The van der Waals surface area contributed by atoms with Gasteiger partial charge in [0.2, 0.25) is 0 Å². The standard InChI is InChI=1S/C22H23NO/c1-2-3-6-17-9-12-19(13-10-17)23-15-21-20-8-5-4-7-18(20)11-14-22(21)24-16-23/h4-5,7-14H,2-3,6,15-16H2,1H3. The van der Waals surface area contributed by atoms with Crippen LogP contribution in [0, 0.1) is 0 Å². The second kappa shape index (κ2) is 6.56. The largest absolute Gasteiger partial charge is 0.473 e. The number of benzene rings is 3. The number of ether oxygens (including phenoxy) is 1. The summed E-state index contributed by atoms with van der Waals surface area (Å²) in [6.45, 7) is 3.74. The summed E-state index contributed by atoms with van der Waals surface area (Å²) >= 11 is 0. The van der Waals surface area contributed by atoms with Crippen LogP contribution in [0.4, 0.5) is 5.69 Å². The molecule has 0 N–H and O–H groups in total. The van der Waals surface area contributed by atoms with E-state index in [-0.39, 0.29) is 0 Å². The van der Waals surface area contributed by atoms with Crippen LogP contribution >= 0.6 is 0 Å². The summed E-state index contributed by atoms with van der Waals surface area (Å²) in [4.78, 5) is 2.30. The van der Waals surface area contributed by atoms with Gasteiger partial charge in [0.15, 0.2) is 6.73 Å². The third-order valence-corrected chi connectivity index (χ3v) is 4.84. The van der Waals surface area contributed by atoms with Gasteiger partial charge in [0, 0.05) is 11.3 Å². The molecule has 0 bridgehead atoms. The van der Waals surface area contributed by atoms with E-state index in [1.165, 1.54) is 46.8 Å². The maximum absolute atomic E-state index is 6.02. The molecule has 3 aromatic rings. The molecule has 0 aliphatic carbocycles. The molecule has 1 heterocycles. The highest BCUT2D eigenvalue weighted by Gasteiger charge is 2.19. The van der Waals surface area contributed by atoms with E-state index in [2.05, 4.69) is 72.5 Å². The molecule has 3 aromatic carbocycles. The van der Waals surface area contributed by atoms with Crippen LogP contribution in [-0.4, -0.2) is 6.73 Å². The van der Waals surface area contributed by atoms with E-state index in [0.29, 0.717) is 6.73 Å². The Morgan fingerprint density at radius 2 is 1.79 bits per heavy atom. The van der Waals surface area contributed by atoms with Crippen molar-refractivity contribution < 1.29 is 4.74 Å². The number of hydrogen-bond donors (Lipinski definition) is 0. The smallest absolute Gasteiger partial charge is 0.161 e. The van der Waals surface area contributed by atoms with Crippen molar-refractivity contribution in [2.24, 2.45) is 0 Å². The van der Waals surface area contributed by atoms with Gasteiger partial charge in [-0.25, -0.2) is 0 Å². The fraction of sp³-hybridized carbons (Fsp3) is 0.273. The van der Waals surface area contributed by atoms with Crippen molar-refractivity contribution in [1.82, 2.24) is 0 Å². The van der Waals surface area contributed by atoms with E-state index in [1.807, 2.05) is 0 Å². The topological polar surface area (TPSA) is 12.5 Å².